The molecule has 0 bridgehead atoms. The van der Waals surface area contributed by atoms with Crippen molar-refractivity contribution in [3.05, 3.63) is 50.6 Å². The van der Waals surface area contributed by atoms with Crippen LogP contribution in [0.3, 0.4) is 0 Å². The Balaban J connectivity index is 2.22. The van der Waals surface area contributed by atoms with Crippen LogP contribution in [0.4, 0.5) is 5.95 Å². The van der Waals surface area contributed by atoms with Crippen molar-refractivity contribution < 1.29 is 44.9 Å². The van der Waals surface area contributed by atoms with E-state index in [0.29, 0.717) is 5.69 Å². The number of hydrogen-bond acceptors (Lipinski definition) is 13. The Kier molecular flexibility index (Phi) is 8.46. The number of nitrogens with zero attached hydrogens (tertiary/aromatic N) is 3. The van der Waals surface area contributed by atoms with Gasteiger partial charge in [-0.1, -0.05) is 0 Å². The van der Waals surface area contributed by atoms with Gasteiger partial charge in [0.25, 0.3) is 5.95 Å². The van der Waals surface area contributed by atoms with E-state index in [9.17, 15) is 26.4 Å². The molecule has 0 aliphatic heterocycles. The lowest BCUT2D eigenvalue weighted by molar-refractivity contribution is -0.667. The summed E-state index contributed by atoms with van der Waals surface area (Å²) in [7, 11) is -6.25. The molecule has 14 nitrogen and oxygen atoms in total. The number of hydrogen-bond donors (Lipinski definition) is 2. The summed E-state index contributed by atoms with van der Waals surface area (Å²) in [5.74, 6) is -2.81. The van der Waals surface area contributed by atoms with E-state index in [1.165, 1.54) is 17.0 Å². The minimum Gasteiger partial charge on any atom is -0.465 e. The zero-order valence-corrected chi connectivity index (χ0v) is 22.9. The van der Waals surface area contributed by atoms with E-state index in [1.54, 1.807) is 13.0 Å². The molecule has 0 radical (unpaired) electrons. The lowest BCUT2D eigenvalue weighted by Gasteiger charge is -2.12. The molecule has 0 aromatic carbocycles. The van der Waals surface area contributed by atoms with E-state index < -0.39 is 47.7 Å². The van der Waals surface area contributed by atoms with Crippen molar-refractivity contribution in [2.24, 2.45) is 0 Å². The number of carbonyl (C=O) groups is 2. The van der Waals surface area contributed by atoms with E-state index >= 15 is 0 Å². The third-order valence-corrected chi connectivity index (χ3v) is 9.48. The molecule has 18 heteroatoms. The quantitative estimate of drug-likeness (QED) is 0.126. The molecule has 198 valence electrons. The van der Waals surface area contributed by atoms with Crippen LogP contribution in [0.25, 0.3) is 0 Å². The van der Waals surface area contributed by atoms with Crippen LogP contribution < -0.4 is 10.0 Å². The van der Waals surface area contributed by atoms with Crippen molar-refractivity contribution in [2.45, 2.75) is 16.7 Å². The van der Waals surface area contributed by atoms with Gasteiger partial charge in [0.1, 0.15) is 26.7 Å². The summed E-state index contributed by atoms with van der Waals surface area (Å²) in [6.45, 7) is 1.63. The van der Waals surface area contributed by atoms with Crippen molar-refractivity contribution in [2.75, 3.05) is 26.6 Å². The zero-order valence-electron chi connectivity index (χ0n) is 19.6. The number of aryl methyl sites for hydroxylation is 1. The molecule has 0 spiro atoms. The fourth-order valence-corrected chi connectivity index (χ4v) is 7.71. The Morgan fingerprint density at radius 3 is 2.03 bits per heavy atom. The number of sulfonamides is 2. The summed E-state index contributed by atoms with van der Waals surface area (Å²) in [5, 5.41) is 5.16. The van der Waals surface area contributed by atoms with Gasteiger partial charge in [0.15, 0.2) is 0 Å². The van der Waals surface area contributed by atoms with Crippen LogP contribution in [-0.4, -0.2) is 70.2 Å². The fourth-order valence-electron chi connectivity index (χ4n) is 2.80. The molecule has 2 N–H and O–H groups in total. The lowest BCUT2D eigenvalue weighted by atomic mass is 10.5. The number of methoxy groups -OCH3 is 2. The maximum Gasteiger partial charge on any atom is 0.421 e. The maximum atomic E-state index is 13.5. The van der Waals surface area contributed by atoms with Crippen LogP contribution in [0.1, 0.15) is 25.0 Å². The third kappa shape index (κ3) is 5.87. The normalized spacial score (nSPS) is 12.3. The van der Waals surface area contributed by atoms with Crippen LogP contribution in [0, 0.1) is 6.92 Å². The highest BCUT2D eigenvalue weighted by Gasteiger charge is 2.38. The maximum absolute atomic E-state index is 13.5. The van der Waals surface area contributed by atoms with Gasteiger partial charge in [-0.15, -0.1) is 22.7 Å². The predicted molar refractivity (Wildman–Crippen MR) is 131 cm³/mol. The van der Waals surface area contributed by atoms with Gasteiger partial charge in [-0.25, -0.2) is 24.9 Å². The summed E-state index contributed by atoms with van der Waals surface area (Å²) >= 11 is 1.60. The molecule has 3 aromatic rings. The molecular formula is C19H20N5O9S4+. The summed E-state index contributed by atoms with van der Waals surface area (Å²) < 4.78 is 65.2. The van der Waals surface area contributed by atoms with E-state index in [1.807, 2.05) is 0 Å². The van der Waals surface area contributed by atoms with Crippen molar-refractivity contribution in [1.82, 2.24) is 14.7 Å². The minimum atomic E-state index is -4.75. The number of guanidine groups is 1. The first kappa shape index (κ1) is 28.0. The zero-order chi connectivity index (χ0) is 27.4. The third-order valence-electron chi connectivity index (χ3n) is 4.39. The number of aromatic nitrogens is 2. The van der Waals surface area contributed by atoms with Crippen molar-refractivity contribution in [3.8, 4) is 0 Å². The van der Waals surface area contributed by atoms with Gasteiger partial charge >= 0.3 is 37.9 Å². The predicted octanol–water partition coefficient (Wildman–Crippen LogP) is 1.19. The van der Waals surface area contributed by atoms with Crippen LogP contribution >= 0.6 is 22.7 Å². The smallest absolute Gasteiger partial charge is 0.421 e. The van der Waals surface area contributed by atoms with Crippen LogP contribution in [0.5, 0.6) is 0 Å². The molecule has 0 atom stereocenters. The molecule has 3 aromatic heterocycles. The monoisotopic (exact) mass is 590 g/mol. The first-order valence-corrected chi connectivity index (χ1v) is 14.5. The molecular weight excluding hydrogens is 571 g/mol. The minimum absolute atomic E-state index is 0.188. The highest BCUT2D eigenvalue weighted by atomic mass is 32.2. The molecule has 0 saturated heterocycles. The van der Waals surface area contributed by atoms with E-state index in [-0.39, 0.29) is 19.8 Å². The lowest BCUT2D eigenvalue weighted by Crippen LogP contribution is -2.45. The first-order valence-electron chi connectivity index (χ1n) is 9.83. The van der Waals surface area contributed by atoms with E-state index in [0.717, 1.165) is 56.1 Å². The molecule has 0 aliphatic rings. The highest BCUT2D eigenvalue weighted by Crippen LogP contribution is 2.26. The highest BCUT2D eigenvalue weighted by molar-refractivity contribution is 7.90. The number of nitrogens with one attached hydrogen (secondary N) is 2. The van der Waals surface area contributed by atoms with Gasteiger partial charge in [0, 0.05) is 16.0 Å². The average Bonchev–Trinajstić information content (AvgIpc) is 3.54. The number of ether oxygens (including phenoxy) is 2. The molecule has 3 heterocycles. The Morgan fingerprint density at radius 2 is 1.49 bits per heavy atom. The van der Waals surface area contributed by atoms with Crippen LogP contribution in [-0.2, 0) is 34.4 Å². The van der Waals surface area contributed by atoms with E-state index in [2.05, 4.69) is 29.5 Å². The van der Waals surface area contributed by atoms with Gasteiger partial charge < -0.3 is 14.3 Å². The summed E-state index contributed by atoms with van der Waals surface area (Å²) in [5.41, 5.74) is 0.475. The van der Waals surface area contributed by atoms with Crippen molar-refractivity contribution in [3.63, 3.8) is 0 Å². The number of rotatable bonds is 8. The second kappa shape index (κ2) is 11.2. The topological polar surface area (TPSA) is 183 Å². The van der Waals surface area contributed by atoms with Gasteiger partial charge in [0.05, 0.1) is 14.2 Å². The van der Waals surface area contributed by atoms with Crippen molar-refractivity contribution in [1.29, 1.82) is 0 Å². The average molecular weight is 591 g/mol. The van der Waals surface area contributed by atoms with Gasteiger partial charge in [-0.3, -0.25) is 0 Å². The Labute approximate surface area is 219 Å². The SMILES string of the molecule is COC(=O)c1sccc1S(=O)(=O)NC(Nc1nccc(C)n1)=[N+](OC)S(=O)(=O)c1ccsc1C(=O)OC. The molecule has 0 saturated carbocycles. The first-order chi connectivity index (χ1) is 17.5. The van der Waals surface area contributed by atoms with Crippen LogP contribution in [0.15, 0.2) is 44.9 Å². The second-order valence-electron chi connectivity index (χ2n) is 6.73. The summed E-state index contributed by atoms with van der Waals surface area (Å²) in [6.07, 6.45) is 1.35. The molecule has 37 heavy (non-hydrogen) atoms. The summed E-state index contributed by atoms with van der Waals surface area (Å²) in [6, 6.07) is 3.82. The molecule has 0 unspecified atom stereocenters. The van der Waals surface area contributed by atoms with E-state index in [4.69, 9.17) is 4.84 Å². The van der Waals surface area contributed by atoms with Gasteiger partial charge in [0.2, 0.25) is 0 Å². The Bertz CT molecular complexity index is 1580. The molecule has 0 fully saturated rings. The largest absolute Gasteiger partial charge is 0.465 e. The second-order valence-corrected chi connectivity index (χ2v) is 11.9. The standard InChI is InChI=1S/C19H19N5O9S4/c1-11-5-8-20-18(21-11)22-19(23-36(27,28)12-6-9-34-14(12)16(25)31-2)24(33-4)37(29,30)13-7-10-35-15(13)17(26)32-3/h5-10H,1-4H3,(H,20,21,22,23)/p+1. The Morgan fingerprint density at radius 1 is 0.919 bits per heavy atom. The number of esters is 2. The molecule has 0 aliphatic carbocycles. The number of anilines is 1. The molecule has 0 amide bonds. The fraction of sp³-hybridized carbons (Fsp3) is 0.211. The van der Waals surface area contributed by atoms with Gasteiger partial charge in [-0.05, 0) is 35.9 Å². The van der Waals surface area contributed by atoms with Crippen molar-refractivity contribution >= 4 is 66.6 Å². The Hall–Kier alpha value is -3.61. The summed E-state index contributed by atoms with van der Waals surface area (Å²) in [4.78, 5) is 35.8. The number of thiophene rings is 2. The molecule has 3 rings (SSSR count). The number of carbonyl (C=O) groups excluding carboxylic acids is 2. The van der Waals surface area contributed by atoms with Gasteiger partial charge in [-0.2, -0.15) is 21.6 Å². The van der Waals surface area contributed by atoms with Crippen LogP contribution in [0.2, 0.25) is 0 Å².